The second kappa shape index (κ2) is 8.31. The molecule has 0 aliphatic rings. The van der Waals surface area contributed by atoms with Crippen molar-refractivity contribution in [2.24, 2.45) is 0 Å². The molecule has 3 heterocycles. The van der Waals surface area contributed by atoms with Crippen LogP contribution >= 0.6 is 23.2 Å². The zero-order chi connectivity index (χ0) is 23.1. The summed E-state index contributed by atoms with van der Waals surface area (Å²) in [6.45, 7) is 1.82. The van der Waals surface area contributed by atoms with E-state index in [0.717, 1.165) is 0 Å². The van der Waals surface area contributed by atoms with Gasteiger partial charge >= 0.3 is 0 Å². The Morgan fingerprint density at radius 2 is 1.76 bits per heavy atom. The molecule has 0 radical (unpaired) electrons. The molecule has 0 fully saturated rings. The number of H-pyrrole nitrogens is 1. The highest BCUT2D eigenvalue weighted by molar-refractivity contribution is 6.35. The van der Waals surface area contributed by atoms with E-state index in [1.54, 1.807) is 18.2 Å². The molecule has 3 aromatic heterocycles. The summed E-state index contributed by atoms with van der Waals surface area (Å²) in [5.74, 6) is 0.697. The second-order valence-corrected chi connectivity index (χ2v) is 8.17. The number of nitrogens with one attached hydrogen (secondary N) is 2. The Balaban J connectivity index is 1.72. The third-order valence-corrected chi connectivity index (χ3v) is 5.85. The van der Waals surface area contributed by atoms with Gasteiger partial charge in [0.1, 0.15) is 34.0 Å². The van der Waals surface area contributed by atoms with Crippen molar-refractivity contribution in [3.8, 4) is 5.69 Å². The van der Waals surface area contributed by atoms with Gasteiger partial charge in [0.05, 0.1) is 27.7 Å². The van der Waals surface area contributed by atoms with Crippen LogP contribution in [0.4, 0.5) is 5.82 Å². The Kier molecular flexibility index (Phi) is 5.32. The third-order valence-electron chi connectivity index (χ3n) is 5.25. The maximum Gasteiger partial charge on any atom is 0.267 e. The van der Waals surface area contributed by atoms with Crippen LogP contribution in [0.2, 0.25) is 10.0 Å². The highest BCUT2D eigenvalue weighted by Gasteiger charge is 2.21. The largest absolute Gasteiger partial charge is 0.360 e. The molecule has 0 saturated heterocycles. The van der Waals surface area contributed by atoms with E-state index in [1.165, 1.54) is 17.1 Å². The lowest BCUT2D eigenvalue weighted by atomic mass is 10.2. The SMILES string of the molecule is C[C@H](Nc1ncnc2[nH]cc(Cl)c(=O)c12)c1nc2cccc(Cl)c2c(=O)n1-c1ccccc1. The van der Waals surface area contributed by atoms with Crippen LogP contribution in [0.3, 0.4) is 0 Å². The van der Waals surface area contributed by atoms with E-state index in [1.807, 2.05) is 37.3 Å². The van der Waals surface area contributed by atoms with Crippen molar-refractivity contribution in [1.29, 1.82) is 0 Å². The van der Waals surface area contributed by atoms with Crippen LogP contribution in [0.25, 0.3) is 27.6 Å². The second-order valence-electron chi connectivity index (χ2n) is 7.36. The van der Waals surface area contributed by atoms with Crippen molar-refractivity contribution in [1.82, 2.24) is 24.5 Å². The molecule has 0 amide bonds. The molecule has 5 rings (SSSR count). The van der Waals surface area contributed by atoms with Crippen LogP contribution in [-0.2, 0) is 0 Å². The summed E-state index contributed by atoms with van der Waals surface area (Å²) < 4.78 is 1.51. The van der Waals surface area contributed by atoms with Crippen LogP contribution in [0.5, 0.6) is 0 Å². The molecular weight excluding hydrogens is 463 g/mol. The molecule has 0 aliphatic heterocycles. The van der Waals surface area contributed by atoms with Gasteiger partial charge in [-0.3, -0.25) is 14.2 Å². The normalized spacial score (nSPS) is 12.2. The van der Waals surface area contributed by atoms with Crippen LogP contribution in [0, 0.1) is 0 Å². The molecule has 0 spiro atoms. The van der Waals surface area contributed by atoms with Crippen LogP contribution in [-0.4, -0.2) is 24.5 Å². The van der Waals surface area contributed by atoms with Crippen LogP contribution in [0.1, 0.15) is 18.8 Å². The maximum atomic E-state index is 13.6. The fourth-order valence-electron chi connectivity index (χ4n) is 3.73. The number of hydrogen-bond acceptors (Lipinski definition) is 6. The topological polar surface area (TPSA) is 106 Å². The van der Waals surface area contributed by atoms with Crippen LogP contribution in [0.15, 0.2) is 70.6 Å². The Labute approximate surface area is 196 Å². The molecule has 0 aliphatic carbocycles. The molecule has 2 N–H and O–H groups in total. The molecule has 2 aromatic carbocycles. The van der Waals surface area contributed by atoms with Gasteiger partial charge in [0.15, 0.2) is 0 Å². The monoisotopic (exact) mass is 478 g/mol. The van der Waals surface area contributed by atoms with Crippen LogP contribution < -0.4 is 16.3 Å². The van der Waals surface area contributed by atoms with Crippen molar-refractivity contribution in [2.45, 2.75) is 13.0 Å². The van der Waals surface area contributed by atoms with E-state index in [9.17, 15) is 9.59 Å². The summed E-state index contributed by atoms with van der Waals surface area (Å²) in [6, 6.07) is 13.8. The summed E-state index contributed by atoms with van der Waals surface area (Å²) in [7, 11) is 0. The number of aromatic amines is 1. The van der Waals surface area contributed by atoms with Gasteiger partial charge in [-0.1, -0.05) is 47.5 Å². The number of pyridine rings is 1. The van der Waals surface area contributed by atoms with Gasteiger partial charge < -0.3 is 10.3 Å². The minimum absolute atomic E-state index is 0.0210. The summed E-state index contributed by atoms with van der Waals surface area (Å²) in [6.07, 6.45) is 2.72. The van der Waals surface area contributed by atoms with Gasteiger partial charge in [0, 0.05) is 6.20 Å². The van der Waals surface area contributed by atoms with Crippen molar-refractivity contribution in [3.05, 3.63) is 97.5 Å². The first-order valence-corrected chi connectivity index (χ1v) is 10.8. The molecule has 5 aromatic rings. The van der Waals surface area contributed by atoms with Crippen molar-refractivity contribution in [2.75, 3.05) is 5.32 Å². The molecule has 33 heavy (non-hydrogen) atoms. The Morgan fingerprint density at radius 1 is 0.970 bits per heavy atom. The van der Waals surface area contributed by atoms with E-state index >= 15 is 0 Å². The Hall–Kier alpha value is -3.75. The first-order valence-electron chi connectivity index (χ1n) is 10.0. The molecule has 1 atom stereocenters. The van der Waals surface area contributed by atoms with Gasteiger partial charge in [-0.15, -0.1) is 0 Å². The highest BCUT2D eigenvalue weighted by Crippen LogP contribution is 2.25. The van der Waals surface area contributed by atoms with Crippen molar-refractivity contribution in [3.63, 3.8) is 0 Å². The summed E-state index contributed by atoms with van der Waals surface area (Å²) in [4.78, 5) is 42.2. The smallest absolute Gasteiger partial charge is 0.267 e. The zero-order valence-electron chi connectivity index (χ0n) is 17.2. The quantitative estimate of drug-likeness (QED) is 0.393. The average molecular weight is 479 g/mol. The lowest BCUT2D eigenvalue weighted by Crippen LogP contribution is -2.27. The minimum atomic E-state index is -0.530. The van der Waals surface area contributed by atoms with Gasteiger partial charge in [-0.05, 0) is 31.2 Å². The van der Waals surface area contributed by atoms with Gasteiger partial charge in [0.2, 0.25) is 5.43 Å². The molecular formula is C23H16Cl2N6O2. The zero-order valence-corrected chi connectivity index (χ0v) is 18.7. The van der Waals surface area contributed by atoms with E-state index < -0.39 is 11.5 Å². The highest BCUT2D eigenvalue weighted by atomic mass is 35.5. The standard InChI is InChI=1S/C23H16Cl2N6O2/c1-12(29-21-18-19(32)15(25)10-26-20(18)27-11-28-21)22-30-16-9-5-8-14(24)17(16)23(33)31(22)13-6-3-2-4-7-13/h2-12H,1H3,(H2,26,27,28,29,32)/t12-/m0/s1. The average Bonchev–Trinajstić information content (AvgIpc) is 2.82. The number of para-hydroxylation sites is 1. The van der Waals surface area contributed by atoms with E-state index in [2.05, 4.69) is 20.3 Å². The van der Waals surface area contributed by atoms with E-state index in [4.69, 9.17) is 28.2 Å². The Bertz CT molecular complexity index is 1630. The molecule has 10 heteroatoms. The first-order chi connectivity index (χ1) is 16.0. The lowest BCUT2D eigenvalue weighted by Gasteiger charge is -2.20. The number of fused-ring (bicyclic) bond motifs is 2. The molecule has 164 valence electrons. The number of anilines is 1. The van der Waals surface area contributed by atoms with Gasteiger partial charge in [-0.2, -0.15) is 0 Å². The maximum absolute atomic E-state index is 13.6. The van der Waals surface area contributed by atoms with Crippen molar-refractivity contribution >= 4 is 51.0 Å². The summed E-state index contributed by atoms with van der Waals surface area (Å²) >= 11 is 12.4. The third kappa shape index (κ3) is 3.63. The van der Waals surface area contributed by atoms with E-state index in [0.29, 0.717) is 33.1 Å². The lowest BCUT2D eigenvalue weighted by molar-refractivity contribution is 0.732. The number of rotatable bonds is 4. The van der Waals surface area contributed by atoms with Crippen molar-refractivity contribution < 1.29 is 0 Å². The number of benzene rings is 2. The number of halogens is 2. The fraction of sp³-hybridized carbons (Fsp3) is 0.0870. The molecule has 0 bridgehead atoms. The molecule has 0 saturated carbocycles. The van der Waals surface area contributed by atoms with Gasteiger partial charge in [-0.25, -0.2) is 15.0 Å². The minimum Gasteiger partial charge on any atom is -0.360 e. The summed E-state index contributed by atoms with van der Waals surface area (Å²) in [5.41, 5.74) is 0.742. The number of aromatic nitrogens is 5. The number of nitrogens with zero attached hydrogens (tertiary/aromatic N) is 4. The molecule has 0 unspecified atom stereocenters. The first kappa shape index (κ1) is 21.1. The van der Waals surface area contributed by atoms with Gasteiger partial charge in [0.25, 0.3) is 5.56 Å². The predicted octanol–water partition coefficient (Wildman–Crippen LogP) is 4.50. The predicted molar refractivity (Wildman–Crippen MR) is 130 cm³/mol. The fourth-order valence-corrected chi connectivity index (χ4v) is 4.13. The molecule has 8 nitrogen and oxygen atoms in total. The Morgan fingerprint density at radius 3 is 2.55 bits per heavy atom. The summed E-state index contributed by atoms with van der Waals surface area (Å²) in [5, 5.41) is 4.09. The van der Waals surface area contributed by atoms with E-state index in [-0.39, 0.29) is 21.8 Å². The number of hydrogen-bond donors (Lipinski definition) is 2.